The minimum atomic E-state index is -0.0281. The highest BCUT2D eigenvalue weighted by atomic mass is 16.1. The van der Waals surface area contributed by atoms with Gasteiger partial charge in [-0.05, 0) is 31.5 Å². The first-order chi connectivity index (χ1) is 13.1. The van der Waals surface area contributed by atoms with Crippen LogP contribution in [0.15, 0.2) is 42.7 Å². The van der Waals surface area contributed by atoms with Gasteiger partial charge in [-0.1, -0.05) is 29.8 Å². The van der Waals surface area contributed by atoms with Crippen LogP contribution in [0.3, 0.4) is 0 Å². The van der Waals surface area contributed by atoms with Crippen molar-refractivity contribution in [3.05, 3.63) is 65.1 Å². The van der Waals surface area contributed by atoms with E-state index in [9.17, 15) is 4.79 Å². The van der Waals surface area contributed by atoms with Crippen LogP contribution in [-0.2, 0) is 4.79 Å². The van der Waals surface area contributed by atoms with Gasteiger partial charge in [0.25, 0.3) is 0 Å². The number of carbonyl (C=O) groups excluding carboxylic acids is 1. The lowest BCUT2D eigenvalue weighted by Gasteiger charge is -2.24. The van der Waals surface area contributed by atoms with E-state index in [1.807, 2.05) is 19.1 Å². The number of rotatable bonds is 2. The molecule has 0 spiro atoms. The highest BCUT2D eigenvalue weighted by Gasteiger charge is 2.32. The number of anilines is 1. The maximum atomic E-state index is 12.4. The molecule has 8 nitrogen and oxygen atoms in total. The Labute approximate surface area is 154 Å². The first kappa shape index (κ1) is 15.7. The number of amides is 1. The maximum Gasteiger partial charge on any atom is 0.226 e. The summed E-state index contributed by atoms with van der Waals surface area (Å²) in [6.45, 7) is 4.02. The van der Waals surface area contributed by atoms with Crippen molar-refractivity contribution < 1.29 is 4.79 Å². The number of fused-ring (bicyclic) bond motifs is 2. The van der Waals surface area contributed by atoms with E-state index in [0.717, 1.165) is 16.8 Å². The first-order valence-corrected chi connectivity index (χ1v) is 8.73. The number of hydrogen-bond donors (Lipinski definition) is 1. The molecular weight excluding hydrogens is 342 g/mol. The molecule has 1 aliphatic heterocycles. The smallest absolute Gasteiger partial charge is 0.226 e. The Kier molecular flexibility index (Phi) is 3.33. The van der Waals surface area contributed by atoms with E-state index in [0.29, 0.717) is 23.7 Å². The normalized spacial score (nSPS) is 16.4. The van der Waals surface area contributed by atoms with Crippen molar-refractivity contribution >= 4 is 17.4 Å². The zero-order chi connectivity index (χ0) is 18.5. The van der Waals surface area contributed by atoms with Crippen molar-refractivity contribution in [3.8, 4) is 5.82 Å². The van der Waals surface area contributed by atoms with Gasteiger partial charge in [-0.25, -0.2) is 0 Å². The lowest BCUT2D eigenvalue weighted by atomic mass is 9.85. The molecule has 0 bridgehead atoms. The summed E-state index contributed by atoms with van der Waals surface area (Å²) >= 11 is 0. The van der Waals surface area contributed by atoms with E-state index in [2.05, 4.69) is 56.9 Å². The molecular formula is C19H17N7O. The van der Waals surface area contributed by atoms with Crippen LogP contribution in [0.4, 0.5) is 5.82 Å². The van der Waals surface area contributed by atoms with E-state index in [1.54, 1.807) is 9.20 Å². The third kappa shape index (κ3) is 2.49. The molecule has 0 fully saturated rings. The molecule has 4 aromatic rings. The van der Waals surface area contributed by atoms with Crippen molar-refractivity contribution in [1.29, 1.82) is 0 Å². The number of carbonyl (C=O) groups is 1. The summed E-state index contributed by atoms with van der Waals surface area (Å²) in [5, 5.41) is 20.0. The van der Waals surface area contributed by atoms with Crippen LogP contribution < -0.4 is 5.32 Å². The molecule has 0 radical (unpaired) electrons. The van der Waals surface area contributed by atoms with E-state index in [1.165, 1.54) is 11.9 Å². The van der Waals surface area contributed by atoms with Crippen LogP contribution in [0.1, 0.15) is 34.7 Å². The summed E-state index contributed by atoms with van der Waals surface area (Å²) in [6.07, 6.45) is 1.94. The molecule has 4 heterocycles. The van der Waals surface area contributed by atoms with E-state index < -0.39 is 0 Å². The maximum absolute atomic E-state index is 12.4. The van der Waals surface area contributed by atoms with Gasteiger partial charge in [-0.3, -0.25) is 4.79 Å². The third-order valence-electron chi connectivity index (χ3n) is 4.95. The van der Waals surface area contributed by atoms with Gasteiger partial charge in [0, 0.05) is 17.9 Å². The number of aryl methyl sites for hydroxylation is 2. The topological polar surface area (TPSA) is 90.0 Å². The second kappa shape index (κ2) is 5.73. The Morgan fingerprint density at radius 3 is 2.70 bits per heavy atom. The van der Waals surface area contributed by atoms with Crippen LogP contribution in [0.25, 0.3) is 11.5 Å². The monoisotopic (exact) mass is 359 g/mol. The van der Waals surface area contributed by atoms with Gasteiger partial charge in [0.15, 0.2) is 11.5 Å². The zero-order valence-electron chi connectivity index (χ0n) is 14.9. The molecule has 1 aromatic carbocycles. The van der Waals surface area contributed by atoms with E-state index in [4.69, 9.17) is 0 Å². The third-order valence-corrected chi connectivity index (χ3v) is 4.95. The second-order valence-corrected chi connectivity index (χ2v) is 6.80. The molecule has 1 N–H and O–H groups in total. The predicted molar refractivity (Wildman–Crippen MR) is 98.9 cm³/mol. The number of aromatic nitrogens is 6. The molecule has 0 saturated heterocycles. The largest absolute Gasteiger partial charge is 0.310 e. The molecule has 3 aromatic heterocycles. The number of nitrogens with zero attached hydrogens (tertiary/aromatic N) is 6. The Hall–Kier alpha value is -3.55. The van der Waals surface area contributed by atoms with Crippen LogP contribution in [0.2, 0.25) is 0 Å². The number of nitrogens with one attached hydrogen (secondary N) is 1. The van der Waals surface area contributed by atoms with Crippen molar-refractivity contribution in [2.45, 2.75) is 26.2 Å². The van der Waals surface area contributed by atoms with Gasteiger partial charge in [0.2, 0.25) is 5.91 Å². The first-order valence-electron chi connectivity index (χ1n) is 8.73. The number of benzene rings is 1. The SMILES string of the molecule is Cc1ccc(C2CC(=O)Nc3c2c(C)nn3-c2ccc3nncn3n2)cc1. The molecule has 134 valence electrons. The van der Waals surface area contributed by atoms with Gasteiger partial charge in [0.1, 0.15) is 12.1 Å². The van der Waals surface area contributed by atoms with E-state index in [-0.39, 0.29) is 11.8 Å². The molecule has 1 amide bonds. The predicted octanol–water partition coefficient (Wildman–Crippen LogP) is 2.40. The summed E-state index contributed by atoms with van der Waals surface area (Å²) in [4.78, 5) is 12.4. The van der Waals surface area contributed by atoms with Crippen molar-refractivity contribution in [1.82, 2.24) is 29.6 Å². The molecule has 0 aliphatic carbocycles. The van der Waals surface area contributed by atoms with Crippen molar-refractivity contribution in [2.75, 3.05) is 5.32 Å². The van der Waals surface area contributed by atoms with Gasteiger partial charge in [0.05, 0.1) is 5.69 Å². The Balaban J connectivity index is 1.67. The highest BCUT2D eigenvalue weighted by molar-refractivity contribution is 5.95. The molecule has 1 aliphatic rings. The summed E-state index contributed by atoms with van der Waals surface area (Å²) in [7, 11) is 0. The fourth-order valence-corrected chi connectivity index (χ4v) is 3.63. The summed E-state index contributed by atoms with van der Waals surface area (Å²) in [5.41, 5.74) is 4.86. The molecule has 1 unspecified atom stereocenters. The summed E-state index contributed by atoms with van der Waals surface area (Å²) < 4.78 is 3.27. The average Bonchev–Trinajstić information content (AvgIpc) is 3.25. The van der Waals surface area contributed by atoms with Crippen LogP contribution in [-0.4, -0.2) is 35.5 Å². The van der Waals surface area contributed by atoms with Gasteiger partial charge < -0.3 is 5.32 Å². The highest BCUT2D eigenvalue weighted by Crippen LogP contribution is 2.39. The van der Waals surface area contributed by atoms with Crippen LogP contribution in [0.5, 0.6) is 0 Å². The zero-order valence-corrected chi connectivity index (χ0v) is 14.9. The fraction of sp³-hybridized carbons (Fsp3) is 0.211. The molecule has 0 saturated carbocycles. The second-order valence-electron chi connectivity index (χ2n) is 6.80. The number of hydrogen-bond acceptors (Lipinski definition) is 5. The van der Waals surface area contributed by atoms with Gasteiger partial charge in [-0.15, -0.1) is 15.3 Å². The lowest BCUT2D eigenvalue weighted by Crippen LogP contribution is -2.25. The van der Waals surface area contributed by atoms with Crippen LogP contribution >= 0.6 is 0 Å². The quantitative estimate of drug-likeness (QED) is 0.593. The molecule has 1 atom stereocenters. The van der Waals surface area contributed by atoms with Crippen molar-refractivity contribution in [3.63, 3.8) is 0 Å². The molecule has 8 heteroatoms. The van der Waals surface area contributed by atoms with Crippen LogP contribution in [0, 0.1) is 13.8 Å². The molecule has 5 rings (SSSR count). The Bertz CT molecular complexity index is 1170. The minimum Gasteiger partial charge on any atom is -0.310 e. The standard InChI is InChI=1S/C19H17N7O/c1-11-3-5-13(6-4-11)14-9-17(27)21-19-18(14)12(2)23-26(19)16-8-7-15-22-20-10-25(15)24-16/h3-8,10,14H,9H2,1-2H3,(H,21,27). The van der Waals surface area contributed by atoms with Gasteiger partial charge >= 0.3 is 0 Å². The summed E-state index contributed by atoms with van der Waals surface area (Å²) in [5.74, 6) is 1.21. The van der Waals surface area contributed by atoms with Gasteiger partial charge in [-0.2, -0.15) is 14.3 Å². The van der Waals surface area contributed by atoms with Crippen molar-refractivity contribution in [2.24, 2.45) is 0 Å². The Morgan fingerprint density at radius 2 is 1.89 bits per heavy atom. The summed E-state index contributed by atoms with van der Waals surface area (Å²) in [6, 6.07) is 12.0. The van der Waals surface area contributed by atoms with E-state index >= 15 is 0 Å². The average molecular weight is 359 g/mol. The fourth-order valence-electron chi connectivity index (χ4n) is 3.63. The Morgan fingerprint density at radius 1 is 1.07 bits per heavy atom. The lowest BCUT2D eigenvalue weighted by molar-refractivity contribution is -0.116. The minimum absolute atomic E-state index is 0.0262. The molecule has 27 heavy (non-hydrogen) atoms.